The third-order valence-electron chi connectivity index (χ3n) is 3.85. The number of piperidine rings is 1. The van der Waals surface area contributed by atoms with Crippen LogP contribution in [-0.2, 0) is 0 Å². The molecular weight excluding hydrogens is 374 g/mol. The molecule has 13 nitrogen and oxygen atoms in total. The van der Waals surface area contributed by atoms with Crippen LogP contribution in [0, 0.1) is 20.2 Å². The Balaban J connectivity index is 0.000000776. The van der Waals surface area contributed by atoms with Gasteiger partial charge in [-0.05, 0) is 38.4 Å². The highest BCUT2D eigenvalue weighted by Gasteiger charge is 2.23. The number of nitrogens with zero attached hydrogens (tertiary/aromatic N) is 6. The van der Waals surface area contributed by atoms with Gasteiger partial charge in [0, 0.05) is 32.9 Å². The smallest absolute Gasteiger partial charge is 0.291 e. The van der Waals surface area contributed by atoms with Crippen molar-refractivity contribution in [2.75, 3.05) is 43.5 Å². The van der Waals surface area contributed by atoms with Crippen LogP contribution >= 0.6 is 0 Å². The molecule has 28 heavy (non-hydrogen) atoms. The van der Waals surface area contributed by atoms with Crippen LogP contribution in [0.5, 0.6) is 0 Å². The summed E-state index contributed by atoms with van der Waals surface area (Å²) >= 11 is 0. The van der Waals surface area contributed by atoms with Crippen LogP contribution in [0.25, 0.3) is 0 Å². The SMILES string of the molecule is CCCCN(c1nccc(N(C)C)n1)C1CCNCC1.O=[N+]([O-])O.O=[N+]([O-])O. The lowest BCUT2D eigenvalue weighted by Crippen LogP contribution is -2.44. The average Bonchev–Trinajstić information content (AvgIpc) is 2.62. The van der Waals surface area contributed by atoms with E-state index in [4.69, 9.17) is 35.6 Å². The topological polar surface area (TPSA) is 171 Å². The minimum absolute atomic E-state index is 0.570. The van der Waals surface area contributed by atoms with Gasteiger partial charge in [0.1, 0.15) is 5.82 Å². The van der Waals surface area contributed by atoms with Gasteiger partial charge < -0.3 is 25.5 Å². The van der Waals surface area contributed by atoms with E-state index in [1.165, 1.54) is 25.7 Å². The summed E-state index contributed by atoms with van der Waals surface area (Å²) in [5, 5.41) is 30.7. The van der Waals surface area contributed by atoms with Crippen LogP contribution in [0.4, 0.5) is 11.8 Å². The van der Waals surface area contributed by atoms with Crippen molar-refractivity contribution in [2.45, 2.75) is 38.6 Å². The lowest BCUT2D eigenvalue weighted by molar-refractivity contribution is -0.742. The zero-order valence-electron chi connectivity index (χ0n) is 16.4. The molecule has 0 aliphatic carbocycles. The van der Waals surface area contributed by atoms with Crippen LogP contribution in [0.1, 0.15) is 32.6 Å². The summed E-state index contributed by atoms with van der Waals surface area (Å²) in [6.07, 6.45) is 6.63. The van der Waals surface area contributed by atoms with Gasteiger partial charge >= 0.3 is 0 Å². The molecule has 2 rings (SSSR count). The Labute approximate surface area is 163 Å². The monoisotopic (exact) mass is 403 g/mol. The van der Waals surface area contributed by atoms with Crippen molar-refractivity contribution in [1.29, 1.82) is 0 Å². The molecule has 3 N–H and O–H groups in total. The maximum absolute atomic E-state index is 8.36. The number of aromatic nitrogens is 2. The van der Waals surface area contributed by atoms with Crippen LogP contribution in [0.15, 0.2) is 12.3 Å². The fourth-order valence-corrected chi connectivity index (χ4v) is 2.62. The molecule has 0 radical (unpaired) electrons. The summed E-state index contributed by atoms with van der Waals surface area (Å²) in [6.45, 7) is 5.48. The van der Waals surface area contributed by atoms with Crippen molar-refractivity contribution in [2.24, 2.45) is 0 Å². The number of hydrogen-bond donors (Lipinski definition) is 3. The van der Waals surface area contributed by atoms with Gasteiger partial charge in [0.15, 0.2) is 0 Å². The fraction of sp³-hybridized carbons (Fsp3) is 0.733. The molecule has 1 aromatic rings. The standard InChI is InChI=1S/C15H27N5.2HNO3/c1-4-5-12-20(13-6-9-16-10-7-13)15-17-11-8-14(18-15)19(2)3;2*2-1(3)4/h8,11,13,16H,4-7,9-10,12H2,1-3H3;2*(H,2,3,4). The van der Waals surface area contributed by atoms with Crippen LogP contribution in [0.3, 0.4) is 0 Å². The van der Waals surface area contributed by atoms with Crippen LogP contribution < -0.4 is 15.1 Å². The van der Waals surface area contributed by atoms with Crippen molar-refractivity contribution in [1.82, 2.24) is 15.3 Å². The Morgan fingerprint density at radius 2 is 1.75 bits per heavy atom. The zero-order chi connectivity index (χ0) is 21.5. The second kappa shape index (κ2) is 14.1. The lowest BCUT2D eigenvalue weighted by Gasteiger charge is -2.35. The van der Waals surface area contributed by atoms with Gasteiger partial charge in [-0.2, -0.15) is 4.98 Å². The molecule has 0 unspecified atom stereocenters. The largest absolute Gasteiger partial charge is 0.363 e. The van der Waals surface area contributed by atoms with E-state index in [1.807, 2.05) is 31.3 Å². The van der Waals surface area contributed by atoms with E-state index in [1.54, 1.807) is 0 Å². The third-order valence-corrected chi connectivity index (χ3v) is 3.85. The average molecular weight is 403 g/mol. The van der Waals surface area contributed by atoms with E-state index in [0.29, 0.717) is 6.04 Å². The van der Waals surface area contributed by atoms with Crippen molar-refractivity contribution in [3.8, 4) is 0 Å². The molecule has 1 saturated heterocycles. The molecule has 0 amide bonds. The van der Waals surface area contributed by atoms with Gasteiger partial charge in [0.25, 0.3) is 10.2 Å². The number of nitrogens with one attached hydrogen (secondary N) is 1. The first-order chi connectivity index (χ1) is 13.2. The number of hydrogen-bond acceptors (Lipinski definition) is 9. The first kappa shape index (κ1) is 25.0. The van der Waals surface area contributed by atoms with Crippen molar-refractivity contribution in [3.05, 3.63) is 32.5 Å². The maximum Gasteiger partial charge on any atom is 0.291 e. The molecule has 1 aliphatic rings. The minimum Gasteiger partial charge on any atom is -0.363 e. The Kier molecular flexibility index (Phi) is 12.6. The van der Waals surface area contributed by atoms with Gasteiger partial charge in [0.2, 0.25) is 5.95 Å². The number of unbranched alkanes of at least 4 members (excludes halogenated alkanes) is 1. The Bertz CT molecular complexity index is 564. The molecule has 160 valence electrons. The highest BCUT2D eigenvalue weighted by molar-refractivity contribution is 5.43. The molecule has 0 atom stereocenters. The number of rotatable bonds is 6. The van der Waals surface area contributed by atoms with E-state index in [9.17, 15) is 0 Å². The van der Waals surface area contributed by atoms with E-state index in [0.717, 1.165) is 31.4 Å². The normalized spacial score (nSPS) is 13.2. The van der Waals surface area contributed by atoms with E-state index < -0.39 is 10.2 Å². The second-order valence-corrected chi connectivity index (χ2v) is 6.11. The molecular formula is C15H29N7O6. The quantitative estimate of drug-likeness (QED) is 0.460. The van der Waals surface area contributed by atoms with Crippen molar-refractivity contribution >= 4 is 11.8 Å². The summed E-state index contributed by atoms with van der Waals surface area (Å²) in [5.74, 6) is 1.86. The zero-order valence-corrected chi connectivity index (χ0v) is 16.4. The Morgan fingerprint density at radius 3 is 2.21 bits per heavy atom. The predicted molar refractivity (Wildman–Crippen MR) is 102 cm³/mol. The molecule has 0 spiro atoms. The molecule has 0 aromatic carbocycles. The van der Waals surface area contributed by atoms with Crippen molar-refractivity contribution in [3.63, 3.8) is 0 Å². The Morgan fingerprint density at radius 1 is 1.21 bits per heavy atom. The molecule has 13 heteroatoms. The molecule has 1 aromatic heterocycles. The summed E-state index contributed by atoms with van der Waals surface area (Å²) in [6, 6.07) is 2.53. The highest BCUT2D eigenvalue weighted by Crippen LogP contribution is 2.20. The highest BCUT2D eigenvalue weighted by atomic mass is 16.9. The van der Waals surface area contributed by atoms with Crippen LogP contribution in [-0.4, -0.2) is 70.3 Å². The third kappa shape index (κ3) is 11.6. The first-order valence-electron chi connectivity index (χ1n) is 8.83. The summed E-state index contributed by atoms with van der Waals surface area (Å²) in [7, 11) is 4.04. The van der Waals surface area contributed by atoms with E-state index >= 15 is 0 Å². The van der Waals surface area contributed by atoms with Gasteiger partial charge in [-0.3, -0.25) is 0 Å². The van der Waals surface area contributed by atoms with E-state index in [2.05, 4.69) is 22.1 Å². The van der Waals surface area contributed by atoms with Gasteiger partial charge in [-0.1, -0.05) is 13.3 Å². The molecule has 0 bridgehead atoms. The second-order valence-electron chi connectivity index (χ2n) is 6.11. The summed E-state index contributed by atoms with van der Waals surface area (Å²) in [5.41, 5.74) is 0. The van der Waals surface area contributed by atoms with Crippen LogP contribution in [0.2, 0.25) is 0 Å². The van der Waals surface area contributed by atoms with Gasteiger partial charge in [-0.25, -0.2) is 4.98 Å². The molecule has 1 fully saturated rings. The summed E-state index contributed by atoms with van der Waals surface area (Å²) < 4.78 is 0. The van der Waals surface area contributed by atoms with Gasteiger partial charge in [-0.15, -0.1) is 20.2 Å². The molecule has 2 heterocycles. The molecule has 1 aliphatic heterocycles. The fourth-order valence-electron chi connectivity index (χ4n) is 2.62. The number of anilines is 2. The Hall–Kier alpha value is -2.96. The maximum atomic E-state index is 8.36. The van der Waals surface area contributed by atoms with Gasteiger partial charge in [0.05, 0.1) is 0 Å². The molecule has 0 saturated carbocycles. The first-order valence-corrected chi connectivity index (χ1v) is 8.83. The van der Waals surface area contributed by atoms with E-state index in [-0.39, 0.29) is 0 Å². The van der Waals surface area contributed by atoms with Crippen molar-refractivity contribution < 1.29 is 20.6 Å². The predicted octanol–water partition coefficient (Wildman–Crippen LogP) is 1.21. The summed E-state index contributed by atoms with van der Waals surface area (Å²) in [4.78, 5) is 30.4. The minimum atomic E-state index is -1.50. The lowest BCUT2D eigenvalue weighted by atomic mass is 10.0.